The van der Waals surface area contributed by atoms with E-state index in [-0.39, 0.29) is 0 Å². The van der Waals surface area contributed by atoms with Crippen LogP contribution in [0.1, 0.15) is 24.8 Å². The van der Waals surface area contributed by atoms with E-state index in [0.717, 1.165) is 24.0 Å². The van der Waals surface area contributed by atoms with E-state index in [1.165, 1.54) is 24.1 Å². The molecule has 3 heteroatoms. The van der Waals surface area contributed by atoms with Crippen molar-refractivity contribution in [2.45, 2.75) is 32.3 Å². The standard InChI is InChI=1S/C13H18BrNO/c1-10-9-11(4-5-13(10)14)15-7-6-12-3-2-8-16-12/h4-5,9,12,15H,2-3,6-8H2,1H3. The molecule has 0 aliphatic carbocycles. The van der Waals surface area contributed by atoms with Gasteiger partial charge in [0.15, 0.2) is 0 Å². The zero-order valence-electron chi connectivity index (χ0n) is 9.63. The molecule has 0 spiro atoms. The molecule has 16 heavy (non-hydrogen) atoms. The molecule has 0 saturated carbocycles. The summed E-state index contributed by atoms with van der Waals surface area (Å²) in [6, 6.07) is 6.36. The van der Waals surface area contributed by atoms with Crippen LogP contribution in [0.15, 0.2) is 22.7 Å². The summed E-state index contributed by atoms with van der Waals surface area (Å²) in [6.07, 6.45) is 4.03. The molecule has 0 amide bonds. The normalized spacial score (nSPS) is 20.0. The molecule has 1 N–H and O–H groups in total. The van der Waals surface area contributed by atoms with Crippen LogP contribution < -0.4 is 5.32 Å². The largest absolute Gasteiger partial charge is 0.385 e. The summed E-state index contributed by atoms with van der Waals surface area (Å²) in [5.41, 5.74) is 2.46. The number of halogens is 1. The number of ether oxygens (including phenoxy) is 1. The molecule has 0 bridgehead atoms. The summed E-state index contributed by atoms with van der Waals surface area (Å²) in [5, 5.41) is 3.44. The fourth-order valence-electron chi connectivity index (χ4n) is 2.00. The Balaban J connectivity index is 1.78. The fraction of sp³-hybridized carbons (Fsp3) is 0.538. The molecule has 1 atom stereocenters. The molecule has 1 fully saturated rings. The van der Waals surface area contributed by atoms with Gasteiger partial charge in [0.2, 0.25) is 0 Å². The first-order valence-corrected chi connectivity index (χ1v) is 6.66. The summed E-state index contributed by atoms with van der Waals surface area (Å²) in [5.74, 6) is 0. The van der Waals surface area contributed by atoms with Crippen LogP contribution in [0.2, 0.25) is 0 Å². The maximum absolute atomic E-state index is 5.59. The Morgan fingerprint density at radius 3 is 3.06 bits per heavy atom. The van der Waals surface area contributed by atoms with Crippen molar-refractivity contribution in [1.82, 2.24) is 0 Å². The molecule has 2 rings (SSSR count). The third kappa shape index (κ3) is 3.22. The smallest absolute Gasteiger partial charge is 0.0592 e. The summed E-state index contributed by atoms with van der Waals surface area (Å²) < 4.78 is 6.75. The quantitative estimate of drug-likeness (QED) is 0.909. The van der Waals surface area contributed by atoms with Crippen LogP contribution in [-0.2, 0) is 4.74 Å². The predicted octanol–water partition coefficient (Wildman–Crippen LogP) is 3.74. The second kappa shape index (κ2) is 5.69. The highest BCUT2D eigenvalue weighted by atomic mass is 79.9. The van der Waals surface area contributed by atoms with Crippen LogP contribution >= 0.6 is 15.9 Å². The Kier molecular flexibility index (Phi) is 4.24. The van der Waals surface area contributed by atoms with Crippen molar-refractivity contribution < 1.29 is 4.74 Å². The minimum atomic E-state index is 0.476. The van der Waals surface area contributed by atoms with Gasteiger partial charge >= 0.3 is 0 Å². The van der Waals surface area contributed by atoms with Gasteiger partial charge < -0.3 is 10.1 Å². The van der Waals surface area contributed by atoms with Crippen molar-refractivity contribution in [2.75, 3.05) is 18.5 Å². The maximum atomic E-state index is 5.59. The second-order valence-electron chi connectivity index (χ2n) is 4.31. The zero-order chi connectivity index (χ0) is 11.4. The lowest BCUT2D eigenvalue weighted by molar-refractivity contribution is 0.107. The average Bonchev–Trinajstić information content (AvgIpc) is 2.76. The van der Waals surface area contributed by atoms with Crippen molar-refractivity contribution in [3.8, 4) is 0 Å². The lowest BCUT2D eigenvalue weighted by Gasteiger charge is -2.11. The molecule has 88 valence electrons. The molecule has 1 aliphatic heterocycles. The van der Waals surface area contributed by atoms with Gasteiger partial charge in [0.05, 0.1) is 6.10 Å². The van der Waals surface area contributed by atoms with E-state index >= 15 is 0 Å². The van der Waals surface area contributed by atoms with Crippen molar-refractivity contribution in [3.05, 3.63) is 28.2 Å². The molecule has 1 aromatic carbocycles. The molecule has 2 nitrogen and oxygen atoms in total. The first-order valence-electron chi connectivity index (χ1n) is 5.87. The SMILES string of the molecule is Cc1cc(NCCC2CCCO2)ccc1Br. The third-order valence-electron chi connectivity index (χ3n) is 2.98. The highest BCUT2D eigenvalue weighted by molar-refractivity contribution is 9.10. The number of rotatable bonds is 4. The first kappa shape index (κ1) is 11.9. The van der Waals surface area contributed by atoms with Gasteiger partial charge in [-0.1, -0.05) is 15.9 Å². The predicted molar refractivity (Wildman–Crippen MR) is 71.0 cm³/mol. The Morgan fingerprint density at radius 2 is 2.38 bits per heavy atom. The molecular formula is C13H18BrNO. The second-order valence-corrected chi connectivity index (χ2v) is 5.17. The Bertz CT molecular complexity index is 348. The lowest BCUT2D eigenvalue weighted by Crippen LogP contribution is -2.12. The molecule has 1 saturated heterocycles. The summed E-state index contributed by atoms with van der Waals surface area (Å²) >= 11 is 3.50. The van der Waals surface area contributed by atoms with Gasteiger partial charge in [-0.25, -0.2) is 0 Å². The number of aryl methyl sites for hydroxylation is 1. The van der Waals surface area contributed by atoms with Gasteiger partial charge in [-0.2, -0.15) is 0 Å². The van der Waals surface area contributed by atoms with Gasteiger partial charge in [-0.3, -0.25) is 0 Å². The number of anilines is 1. The van der Waals surface area contributed by atoms with E-state index in [9.17, 15) is 0 Å². The minimum absolute atomic E-state index is 0.476. The first-order chi connectivity index (χ1) is 7.75. The van der Waals surface area contributed by atoms with Crippen LogP contribution in [0, 0.1) is 6.92 Å². The lowest BCUT2D eigenvalue weighted by atomic mass is 10.2. The fourth-order valence-corrected chi connectivity index (χ4v) is 2.25. The van der Waals surface area contributed by atoms with Crippen molar-refractivity contribution in [2.24, 2.45) is 0 Å². The zero-order valence-corrected chi connectivity index (χ0v) is 11.2. The molecular weight excluding hydrogens is 266 g/mol. The van der Waals surface area contributed by atoms with Gasteiger partial charge in [0, 0.05) is 23.3 Å². The van der Waals surface area contributed by atoms with Crippen LogP contribution in [0.4, 0.5) is 5.69 Å². The number of hydrogen-bond acceptors (Lipinski definition) is 2. The van der Waals surface area contributed by atoms with Crippen molar-refractivity contribution in [3.63, 3.8) is 0 Å². The van der Waals surface area contributed by atoms with Crippen molar-refractivity contribution >= 4 is 21.6 Å². The minimum Gasteiger partial charge on any atom is -0.385 e. The Hall–Kier alpha value is -0.540. The third-order valence-corrected chi connectivity index (χ3v) is 3.87. The van der Waals surface area contributed by atoms with E-state index in [1.54, 1.807) is 0 Å². The van der Waals surface area contributed by atoms with E-state index < -0.39 is 0 Å². The summed E-state index contributed by atoms with van der Waals surface area (Å²) in [6.45, 7) is 4.04. The van der Waals surface area contributed by atoms with Crippen LogP contribution in [0.25, 0.3) is 0 Å². The van der Waals surface area contributed by atoms with E-state index in [0.29, 0.717) is 6.10 Å². The van der Waals surface area contributed by atoms with E-state index in [4.69, 9.17) is 4.74 Å². The molecule has 1 unspecified atom stereocenters. The van der Waals surface area contributed by atoms with Gasteiger partial charge in [0.25, 0.3) is 0 Å². The molecule has 0 radical (unpaired) electrons. The summed E-state index contributed by atoms with van der Waals surface area (Å²) in [7, 11) is 0. The molecule has 1 heterocycles. The van der Waals surface area contributed by atoms with Crippen LogP contribution in [0.3, 0.4) is 0 Å². The van der Waals surface area contributed by atoms with E-state index in [2.05, 4.69) is 46.4 Å². The molecule has 1 aromatic rings. The Morgan fingerprint density at radius 1 is 1.50 bits per heavy atom. The topological polar surface area (TPSA) is 21.3 Å². The van der Waals surface area contributed by atoms with Gasteiger partial charge in [0.1, 0.15) is 0 Å². The highest BCUT2D eigenvalue weighted by Gasteiger charge is 2.14. The van der Waals surface area contributed by atoms with Gasteiger partial charge in [-0.05, 0) is 49.9 Å². The number of benzene rings is 1. The maximum Gasteiger partial charge on any atom is 0.0592 e. The average molecular weight is 284 g/mol. The highest BCUT2D eigenvalue weighted by Crippen LogP contribution is 2.20. The Labute approximate surface area is 106 Å². The summed E-state index contributed by atoms with van der Waals surface area (Å²) in [4.78, 5) is 0. The monoisotopic (exact) mass is 283 g/mol. The van der Waals surface area contributed by atoms with Gasteiger partial charge in [-0.15, -0.1) is 0 Å². The number of hydrogen-bond donors (Lipinski definition) is 1. The van der Waals surface area contributed by atoms with E-state index in [1.807, 2.05) is 0 Å². The van der Waals surface area contributed by atoms with Crippen LogP contribution in [0.5, 0.6) is 0 Å². The van der Waals surface area contributed by atoms with Crippen molar-refractivity contribution in [1.29, 1.82) is 0 Å². The number of nitrogens with one attached hydrogen (secondary N) is 1. The molecule has 0 aromatic heterocycles. The van der Waals surface area contributed by atoms with Crippen LogP contribution in [-0.4, -0.2) is 19.3 Å². The molecule has 1 aliphatic rings.